The van der Waals surface area contributed by atoms with Crippen molar-refractivity contribution in [2.24, 2.45) is 0 Å². The van der Waals surface area contributed by atoms with Crippen LogP contribution in [0.15, 0.2) is 24.3 Å². The fourth-order valence-corrected chi connectivity index (χ4v) is 2.79. The third kappa shape index (κ3) is 3.81. The molecule has 1 aliphatic heterocycles. The topological polar surface area (TPSA) is 47.0 Å². The molecule has 0 saturated carbocycles. The van der Waals surface area contributed by atoms with Crippen molar-refractivity contribution in [3.63, 3.8) is 0 Å². The fraction of sp³-hybridized carbons (Fsp3) is 0.562. The number of likely N-dealkylation sites (N-methyl/N-ethyl adjacent to an activating group) is 1. The molecule has 2 rings (SSSR count). The van der Waals surface area contributed by atoms with Crippen molar-refractivity contribution in [2.75, 3.05) is 41.3 Å². The van der Waals surface area contributed by atoms with E-state index in [2.05, 4.69) is 4.90 Å². The molecule has 1 heterocycles. The summed E-state index contributed by atoms with van der Waals surface area (Å²) in [5, 5.41) is 10.1. The van der Waals surface area contributed by atoms with Gasteiger partial charge >= 0.3 is 0 Å². The Balaban J connectivity index is 2.10. The van der Waals surface area contributed by atoms with E-state index in [0.717, 1.165) is 12.1 Å². The minimum Gasteiger partial charge on any atom is -0.390 e. The molecule has 1 aromatic rings. The predicted octanol–water partition coefficient (Wildman–Crippen LogP) is 0.495. The predicted molar refractivity (Wildman–Crippen MR) is 83.2 cm³/mol. The maximum atomic E-state index is 12.6. The van der Waals surface area contributed by atoms with Gasteiger partial charge in [-0.3, -0.25) is 4.79 Å². The Morgan fingerprint density at radius 1 is 1.29 bits per heavy atom. The van der Waals surface area contributed by atoms with Gasteiger partial charge in [0.05, 0.1) is 12.1 Å². The largest absolute Gasteiger partial charge is 0.390 e. The zero-order valence-corrected chi connectivity index (χ0v) is 13.3. The second-order valence-electron chi connectivity index (χ2n) is 6.25. The van der Waals surface area contributed by atoms with Gasteiger partial charge < -0.3 is 19.8 Å². The Morgan fingerprint density at radius 2 is 2.00 bits per heavy atom. The van der Waals surface area contributed by atoms with Crippen LogP contribution in [0.3, 0.4) is 0 Å². The van der Waals surface area contributed by atoms with Crippen LogP contribution in [0, 0.1) is 0 Å². The van der Waals surface area contributed by atoms with Crippen molar-refractivity contribution in [2.45, 2.75) is 18.7 Å². The van der Waals surface area contributed by atoms with Crippen molar-refractivity contribution in [1.29, 1.82) is 0 Å². The highest BCUT2D eigenvalue weighted by Crippen LogP contribution is 2.18. The average Bonchev–Trinajstić information content (AvgIpc) is 2.79. The van der Waals surface area contributed by atoms with Crippen LogP contribution in [0.4, 0.5) is 0 Å². The lowest BCUT2D eigenvalue weighted by atomic mass is 10.1. The Hall–Kier alpha value is -1.43. The minimum atomic E-state index is -0.478. The first-order valence-electron chi connectivity index (χ1n) is 7.26. The third-order valence-corrected chi connectivity index (χ3v) is 3.88. The van der Waals surface area contributed by atoms with Gasteiger partial charge in [-0.2, -0.15) is 0 Å². The Bertz CT molecular complexity index is 502. The van der Waals surface area contributed by atoms with Gasteiger partial charge in [0.2, 0.25) is 0 Å². The van der Waals surface area contributed by atoms with E-state index in [-0.39, 0.29) is 11.9 Å². The van der Waals surface area contributed by atoms with E-state index in [0.29, 0.717) is 18.7 Å². The van der Waals surface area contributed by atoms with E-state index in [9.17, 15) is 9.90 Å². The number of rotatable bonds is 4. The second kappa shape index (κ2) is 6.56. The molecule has 0 unspecified atom stereocenters. The Morgan fingerprint density at radius 3 is 2.57 bits per heavy atom. The van der Waals surface area contributed by atoms with Crippen molar-refractivity contribution >= 4 is 5.91 Å². The Kier molecular flexibility index (Phi) is 4.98. The molecule has 0 aliphatic carbocycles. The molecule has 1 amide bonds. The lowest BCUT2D eigenvalue weighted by molar-refractivity contribution is 0.0764. The number of carbonyl (C=O) groups is 1. The smallest absolute Gasteiger partial charge is 0.254 e. The highest BCUT2D eigenvalue weighted by Gasteiger charge is 2.35. The number of β-amino-alcohol motifs (C(OH)–C–C–N with tert-alkyl or cyclic N) is 1. The number of aliphatic hydroxyl groups excluding tert-OH is 1. The summed E-state index contributed by atoms with van der Waals surface area (Å²) in [7, 11) is 7.87. The standard InChI is InChI=1S/C16H25N3O2/c1-17(2)9-12-6-5-7-13(8-12)16(21)19-10-14(18(3)4)15(20)11-19/h5-8,14-15,20H,9-11H2,1-4H3/t14-,15-/m0/s1. The molecule has 21 heavy (non-hydrogen) atoms. The Labute approximate surface area is 126 Å². The number of amides is 1. The molecule has 1 N–H and O–H groups in total. The summed E-state index contributed by atoms with van der Waals surface area (Å²) in [5.41, 5.74) is 1.82. The van der Waals surface area contributed by atoms with Crippen molar-refractivity contribution in [3.8, 4) is 0 Å². The zero-order chi connectivity index (χ0) is 15.6. The van der Waals surface area contributed by atoms with Crippen LogP contribution in [0.2, 0.25) is 0 Å². The number of nitrogens with zero attached hydrogens (tertiary/aromatic N) is 3. The van der Waals surface area contributed by atoms with E-state index < -0.39 is 6.10 Å². The molecular formula is C16H25N3O2. The highest BCUT2D eigenvalue weighted by atomic mass is 16.3. The summed E-state index contributed by atoms with van der Waals surface area (Å²) in [6.07, 6.45) is -0.478. The number of carbonyl (C=O) groups excluding carboxylic acids is 1. The van der Waals surface area contributed by atoms with Gasteiger partial charge in [0.25, 0.3) is 5.91 Å². The van der Waals surface area contributed by atoms with Crippen LogP contribution in [0.1, 0.15) is 15.9 Å². The maximum absolute atomic E-state index is 12.6. The van der Waals surface area contributed by atoms with Gasteiger partial charge in [-0.15, -0.1) is 0 Å². The quantitative estimate of drug-likeness (QED) is 0.877. The van der Waals surface area contributed by atoms with Gasteiger partial charge in [-0.25, -0.2) is 0 Å². The maximum Gasteiger partial charge on any atom is 0.254 e. The monoisotopic (exact) mass is 291 g/mol. The highest BCUT2D eigenvalue weighted by molar-refractivity contribution is 5.94. The minimum absolute atomic E-state index is 0.000920. The first kappa shape index (κ1) is 15.9. The van der Waals surface area contributed by atoms with Crippen molar-refractivity contribution in [3.05, 3.63) is 35.4 Å². The molecule has 116 valence electrons. The van der Waals surface area contributed by atoms with Crippen LogP contribution in [-0.4, -0.2) is 79.1 Å². The lowest BCUT2D eigenvalue weighted by Gasteiger charge is -2.21. The molecule has 1 saturated heterocycles. The third-order valence-electron chi connectivity index (χ3n) is 3.88. The molecule has 1 fully saturated rings. The van der Waals surface area contributed by atoms with Gasteiger partial charge in [0.15, 0.2) is 0 Å². The van der Waals surface area contributed by atoms with Gasteiger partial charge in [0, 0.05) is 25.2 Å². The van der Waals surface area contributed by atoms with Crippen LogP contribution >= 0.6 is 0 Å². The SMILES string of the molecule is CN(C)Cc1cccc(C(=O)N2C[C@H](O)[C@@H](N(C)C)C2)c1. The van der Waals surface area contributed by atoms with Crippen LogP contribution in [-0.2, 0) is 6.54 Å². The molecule has 0 spiro atoms. The summed E-state index contributed by atoms with van der Waals surface area (Å²) in [5.74, 6) is -0.000920. The van der Waals surface area contributed by atoms with Gasteiger partial charge in [-0.1, -0.05) is 12.1 Å². The fourth-order valence-electron chi connectivity index (χ4n) is 2.79. The summed E-state index contributed by atoms with van der Waals surface area (Å²) in [4.78, 5) is 18.4. The normalized spacial score (nSPS) is 22.3. The van der Waals surface area contributed by atoms with E-state index >= 15 is 0 Å². The summed E-state index contributed by atoms with van der Waals surface area (Å²) >= 11 is 0. The number of hydrogen-bond donors (Lipinski definition) is 1. The molecule has 1 aromatic carbocycles. The van der Waals surface area contributed by atoms with Crippen molar-refractivity contribution in [1.82, 2.24) is 14.7 Å². The van der Waals surface area contributed by atoms with E-state index in [1.54, 1.807) is 4.90 Å². The number of aliphatic hydroxyl groups is 1. The average molecular weight is 291 g/mol. The van der Waals surface area contributed by atoms with E-state index in [1.807, 2.05) is 57.4 Å². The van der Waals surface area contributed by atoms with Gasteiger partial charge in [-0.05, 0) is 45.9 Å². The van der Waals surface area contributed by atoms with Crippen molar-refractivity contribution < 1.29 is 9.90 Å². The van der Waals surface area contributed by atoms with Crippen LogP contribution < -0.4 is 0 Å². The van der Waals surface area contributed by atoms with Crippen LogP contribution in [0.25, 0.3) is 0 Å². The second-order valence-corrected chi connectivity index (χ2v) is 6.25. The summed E-state index contributed by atoms with van der Waals surface area (Å²) in [6.45, 7) is 1.79. The first-order valence-corrected chi connectivity index (χ1v) is 7.26. The molecule has 0 radical (unpaired) electrons. The lowest BCUT2D eigenvalue weighted by Crippen LogP contribution is -2.38. The zero-order valence-electron chi connectivity index (χ0n) is 13.3. The summed E-state index contributed by atoms with van der Waals surface area (Å²) < 4.78 is 0. The molecule has 1 aliphatic rings. The molecule has 0 bridgehead atoms. The van der Waals surface area contributed by atoms with E-state index in [4.69, 9.17) is 0 Å². The molecular weight excluding hydrogens is 266 g/mol. The number of benzene rings is 1. The van der Waals surface area contributed by atoms with Crippen LogP contribution in [0.5, 0.6) is 0 Å². The van der Waals surface area contributed by atoms with E-state index in [1.165, 1.54) is 0 Å². The number of likely N-dealkylation sites (tertiary alicyclic amines) is 1. The summed E-state index contributed by atoms with van der Waals surface area (Å²) in [6, 6.07) is 7.74. The number of hydrogen-bond acceptors (Lipinski definition) is 4. The molecule has 0 aromatic heterocycles. The first-order chi connectivity index (χ1) is 9.88. The molecule has 2 atom stereocenters. The molecule has 5 heteroatoms. The molecule has 5 nitrogen and oxygen atoms in total. The van der Waals surface area contributed by atoms with Gasteiger partial charge in [0.1, 0.15) is 0 Å².